The fourth-order valence-corrected chi connectivity index (χ4v) is 4.92. The van der Waals surface area contributed by atoms with Crippen LogP contribution >= 0.6 is 0 Å². The number of nitrogens with zero attached hydrogens (tertiary/aromatic N) is 1. The minimum absolute atomic E-state index is 0.0611. The molecule has 2 N–H and O–H groups in total. The maximum absolute atomic E-state index is 14.4. The number of rotatable bonds is 10. The monoisotopic (exact) mass is 617 g/mol. The van der Waals surface area contributed by atoms with E-state index in [0.717, 1.165) is 16.7 Å². The van der Waals surface area contributed by atoms with Gasteiger partial charge in [0.1, 0.15) is 29.2 Å². The summed E-state index contributed by atoms with van der Waals surface area (Å²) in [5.74, 6) is -0.317. The number of alkyl carbamates (subject to hydrolysis) is 1. The second-order valence-electron chi connectivity index (χ2n) is 11.6. The van der Waals surface area contributed by atoms with Gasteiger partial charge < -0.3 is 34.5 Å². The van der Waals surface area contributed by atoms with Gasteiger partial charge in [0, 0.05) is 25.1 Å². The van der Waals surface area contributed by atoms with Crippen LogP contribution in [0.15, 0.2) is 72.8 Å². The Hall–Kier alpha value is -5.06. The molecule has 3 amide bonds. The molecule has 0 spiro atoms. The van der Waals surface area contributed by atoms with Gasteiger partial charge in [-0.25, -0.2) is 9.59 Å². The van der Waals surface area contributed by atoms with Crippen molar-refractivity contribution in [1.82, 2.24) is 10.2 Å². The van der Waals surface area contributed by atoms with Gasteiger partial charge in [-0.05, 0) is 73.9 Å². The number of amides is 3. The van der Waals surface area contributed by atoms with Gasteiger partial charge in [0.05, 0.1) is 14.2 Å². The molecule has 0 saturated heterocycles. The Morgan fingerprint density at radius 3 is 2.24 bits per heavy atom. The van der Waals surface area contributed by atoms with Crippen LogP contribution in [0.25, 0.3) is 0 Å². The van der Waals surface area contributed by atoms with Gasteiger partial charge in [0.2, 0.25) is 11.8 Å². The van der Waals surface area contributed by atoms with Gasteiger partial charge >= 0.3 is 12.1 Å². The van der Waals surface area contributed by atoms with Crippen LogP contribution in [0.4, 0.5) is 10.5 Å². The highest BCUT2D eigenvalue weighted by Crippen LogP contribution is 2.29. The van der Waals surface area contributed by atoms with E-state index in [2.05, 4.69) is 15.4 Å². The van der Waals surface area contributed by atoms with E-state index in [-0.39, 0.29) is 31.9 Å². The Kier molecular flexibility index (Phi) is 10.7. The number of carbonyl (C=O) groups is 4. The van der Waals surface area contributed by atoms with E-state index in [9.17, 15) is 19.2 Å². The van der Waals surface area contributed by atoms with Crippen molar-refractivity contribution in [2.24, 2.45) is 0 Å². The molecule has 1 aliphatic rings. The van der Waals surface area contributed by atoms with Crippen molar-refractivity contribution in [3.63, 3.8) is 0 Å². The lowest BCUT2D eigenvalue weighted by Gasteiger charge is -2.38. The topological polar surface area (TPSA) is 132 Å². The first kappa shape index (κ1) is 32.8. The molecule has 3 aromatic rings. The van der Waals surface area contributed by atoms with Crippen molar-refractivity contribution in [3.05, 3.63) is 89.5 Å². The smallest absolute Gasteiger partial charge is 0.408 e. The third kappa shape index (κ3) is 9.21. The van der Waals surface area contributed by atoms with Crippen molar-refractivity contribution < 1.29 is 38.1 Å². The van der Waals surface area contributed by atoms with E-state index in [0.29, 0.717) is 17.2 Å². The van der Waals surface area contributed by atoms with Crippen LogP contribution in [0.5, 0.6) is 11.5 Å². The molecular weight excluding hydrogens is 578 g/mol. The van der Waals surface area contributed by atoms with Gasteiger partial charge in [-0.1, -0.05) is 36.4 Å². The first-order valence-corrected chi connectivity index (χ1v) is 14.6. The van der Waals surface area contributed by atoms with E-state index >= 15 is 0 Å². The molecule has 45 heavy (non-hydrogen) atoms. The lowest BCUT2D eigenvalue weighted by molar-refractivity contribution is -0.142. The number of esters is 1. The summed E-state index contributed by atoms with van der Waals surface area (Å²) < 4.78 is 20.9. The van der Waals surface area contributed by atoms with Crippen LogP contribution in [-0.4, -0.2) is 67.3 Å². The predicted molar refractivity (Wildman–Crippen MR) is 167 cm³/mol. The number of ether oxygens (including phenoxy) is 4. The summed E-state index contributed by atoms with van der Waals surface area (Å²) in [6.45, 7) is 5.00. The summed E-state index contributed by atoms with van der Waals surface area (Å²) in [5, 5.41) is 5.65. The number of fused-ring (bicyclic) bond motifs is 1. The van der Waals surface area contributed by atoms with Crippen LogP contribution in [0.2, 0.25) is 0 Å². The molecule has 0 aliphatic carbocycles. The molecule has 238 valence electrons. The lowest BCUT2D eigenvalue weighted by atomic mass is 9.91. The number of hydrogen-bond donors (Lipinski definition) is 2. The predicted octanol–water partition coefficient (Wildman–Crippen LogP) is 4.28. The Labute approximate surface area is 262 Å². The SMILES string of the molecule is COC(=O)COc1ccc2c(c1)CN(C(=O)[C@H](Cc1ccccc1)NC(=O)OC(C)(C)C)[C@H](C(=O)Nc1ccc(OC)cc1)C2. The number of nitrogens with one attached hydrogen (secondary N) is 2. The van der Waals surface area contributed by atoms with Crippen molar-refractivity contribution in [3.8, 4) is 11.5 Å². The van der Waals surface area contributed by atoms with Gasteiger partial charge in [-0.3, -0.25) is 9.59 Å². The molecule has 0 fully saturated rings. The van der Waals surface area contributed by atoms with Crippen molar-refractivity contribution >= 4 is 29.6 Å². The summed E-state index contributed by atoms with van der Waals surface area (Å²) >= 11 is 0. The minimum atomic E-state index is -1.03. The van der Waals surface area contributed by atoms with Gasteiger partial charge in [-0.2, -0.15) is 0 Å². The summed E-state index contributed by atoms with van der Waals surface area (Å²) in [5.41, 5.74) is 2.17. The summed E-state index contributed by atoms with van der Waals surface area (Å²) in [6.07, 6.45) is -0.353. The number of carbonyl (C=O) groups excluding carboxylic acids is 4. The fourth-order valence-electron chi connectivity index (χ4n) is 4.92. The maximum Gasteiger partial charge on any atom is 0.408 e. The van der Waals surface area contributed by atoms with E-state index in [1.807, 2.05) is 36.4 Å². The zero-order chi connectivity index (χ0) is 32.6. The third-order valence-electron chi connectivity index (χ3n) is 7.11. The molecule has 0 radical (unpaired) electrons. The van der Waals surface area contributed by atoms with E-state index < -0.39 is 35.7 Å². The molecule has 1 heterocycles. The van der Waals surface area contributed by atoms with Gasteiger partial charge in [0.25, 0.3) is 0 Å². The average molecular weight is 618 g/mol. The van der Waals surface area contributed by atoms with Crippen LogP contribution in [0.3, 0.4) is 0 Å². The normalized spacial score (nSPS) is 14.8. The molecule has 11 heteroatoms. The molecule has 3 aromatic carbocycles. The first-order valence-electron chi connectivity index (χ1n) is 14.6. The molecular formula is C34H39N3O8. The van der Waals surface area contributed by atoms with Crippen LogP contribution < -0.4 is 20.1 Å². The molecule has 4 rings (SSSR count). The highest BCUT2D eigenvalue weighted by Gasteiger charge is 2.39. The second-order valence-corrected chi connectivity index (χ2v) is 11.6. The number of anilines is 1. The van der Waals surface area contributed by atoms with Crippen molar-refractivity contribution in [2.75, 3.05) is 26.1 Å². The highest BCUT2D eigenvalue weighted by atomic mass is 16.6. The summed E-state index contributed by atoms with van der Waals surface area (Å²) in [7, 11) is 2.83. The molecule has 0 saturated carbocycles. The molecule has 0 aromatic heterocycles. The standard InChI is InChI=1S/C34H39N3O8/c1-34(2,3)45-33(41)36-28(17-22-9-7-6-8-10-22)32(40)37-20-24-18-27(44-21-30(38)43-5)14-11-23(24)19-29(37)31(39)35-25-12-15-26(42-4)16-13-25/h6-16,18,28-29H,17,19-21H2,1-5H3,(H,35,39)(H,36,41)/t28-,29-/m0/s1. The maximum atomic E-state index is 14.4. The molecule has 0 bridgehead atoms. The van der Waals surface area contributed by atoms with E-state index in [1.54, 1.807) is 64.3 Å². The van der Waals surface area contributed by atoms with E-state index in [1.165, 1.54) is 12.0 Å². The van der Waals surface area contributed by atoms with Crippen molar-refractivity contribution in [2.45, 2.75) is 57.8 Å². The van der Waals surface area contributed by atoms with Gasteiger partial charge in [-0.15, -0.1) is 0 Å². The molecule has 11 nitrogen and oxygen atoms in total. The highest BCUT2D eigenvalue weighted by molar-refractivity contribution is 5.99. The van der Waals surface area contributed by atoms with Gasteiger partial charge in [0.15, 0.2) is 6.61 Å². The second kappa shape index (κ2) is 14.6. The molecule has 0 unspecified atom stereocenters. The zero-order valence-electron chi connectivity index (χ0n) is 26.1. The Bertz CT molecular complexity index is 1500. The largest absolute Gasteiger partial charge is 0.497 e. The van der Waals surface area contributed by atoms with E-state index in [4.69, 9.17) is 14.2 Å². The summed E-state index contributed by atoms with van der Waals surface area (Å²) in [4.78, 5) is 54.2. The van der Waals surface area contributed by atoms with Crippen LogP contribution in [-0.2, 0) is 43.2 Å². The Morgan fingerprint density at radius 1 is 0.911 bits per heavy atom. The lowest BCUT2D eigenvalue weighted by Crippen LogP contribution is -2.57. The number of methoxy groups -OCH3 is 2. The minimum Gasteiger partial charge on any atom is -0.497 e. The fraction of sp³-hybridized carbons (Fsp3) is 0.353. The van der Waals surface area contributed by atoms with Crippen molar-refractivity contribution in [1.29, 1.82) is 0 Å². The number of benzene rings is 3. The molecule has 2 atom stereocenters. The first-order chi connectivity index (χ1) is 21.5. The quantitative estimate of drug-likeness (QED) is 0.323. The zero-order valence-corrected chi connectivity index (χ0v) is 26.1. The average Bonchev–Trinajstić information content (AvgIpc) is 3.02. The Balaban J connectivity index is 1.66. The molecule has 1 aliphatic heterocycles. The summed E-state index contributed by atoms with van der Waals surface area (Å²) in [6, 6.07) is 19.5. The van der Waals surface area contributed by atoms with Crippen LogP contribution in [0.1, 0.15) is 37.5 Å². The third-order valence-corrected chi connectivity index (χ3v) is 7.11. The number of hydrogen-bond acceptors (Lipinski definition) is 8. The Morgan fingerprint density at radius 2 is 1.60 bits per heavy atom. The van der Waals surface area contributed by atoms with Crippen LogP contribution in [0, 0.1) is 0 Å².